The molecular formula is C54H32N4S. The number of thiophene rings is 1. The van der Waals surface area contributed by atoms with Crippen molar-refractivity contribution in [1.29, 1.82) is 0 Å². The maximum atomic E-state index is 5.64. The lowest BCUT2D eigenvalue weighted by atomic mass is 9.90. The third-order valence-electron chi connectivity index (χ3n) is 12.1. The third-order valence-corrected chi connectivity index (χ3v) is 13.3. The van der Waals surface area contributed by atoms with Gasteiger partial charge in [-0.25, -0.2) is 9.97 Å². The lowest BCUT2D eigenvalue weighted by molar-refractivity contribution is 1.18. The van der Waals surface area contributed by atoms with Gasteiger partial charge in [-0.05, 0) is 70.9 Å². The summed E-state index contributed by atoms with van der Waals surface area (Å²) >= 11 is 1.78. The number of fused-ring (bicyclic) bond motifs is 9. The van der Waals surface area contributed by atoms with Crippen LogP contribution in [-0.2, 0) is 0 Å². The van der Waals surface area contributed by atoms with Crippen molar-refractivity contribution in [2.75, 3.05) is 4.90 Å². The van der Waals surface area contributed by atoms with E-state index in [0.29, 0.717) is 5.82 Å². The Morgan fingerprint density at radius 1 is 0.390 bits per heavy atom. The van der Waals surface area contributed by atoms with Crippen molar-refractivity contribution in [3.8, 4) is 39.5 Å². The number of para-hydroxylation sites is 3. The molecule has 4 nitrogen and oxygen atoms in total. The van der Waals surface area contributed by atoms with Gasteiger partial charge in [0.15, 0.2) is 5.82 Å². The predicted molar refractivity (Wildman–Crippen MR) is 249 cm³/mol. The first kappa shape index (κ1) is 32.5. The van der Waals surface area contributed by atoms with E-state index in [1.54, 1.807) is 11.3 Å². The maximum absolute atomic E-state index is 5.64. The molecule has 59 heavy (non-hydrogen) atoms. The molecule has 0 N–H and O–H groups in total. The molecular weight excluding hydrogens is 737 g/mol. The molecule has 12 aromatic rings. The molecule has 1 aliphatic heterocycles. The molecule has 4 heterocycles. The van der Waals surface area contributed by atoms with Crippen molar-refractivity contribution in [3.05, 3.63) is 194 Å². The third kappa shape index (κ3) is 4.65. The molecule has 1 aliphatic rings. The summed E-state index contributed by atoms with van der Waals surface area (Å²) in [5.74, 6) is 0.717. The van der Waals surface area contributed by atoms with E-state index >= 15 is 0 Å². The predicted octanol–water partition coefficient (Wildman–Crippen LogP) is 15.0. The van der Waals surface area contributed by atoms with E-state index < -0.39 is 0 Å². The quantitative estimate of drug-likeness (QED) is 0.179. The molecule has 0 bridgehead atoms. The van der Waals surface area contributed by atoms with Gasteiger partial charge < -0.3 is 9.47 Å². The highest BCUT2D eigenvalue weighted by Gasteiger charge is 2.28. The highest BCUT2D eigenvalue weighted by molar-refractivity contribution is 7.26. The Morgan fingerprint density at radius 3 is 1.95 bits per heavy atom. The van der Waals surface area contributed by atoms with Gasteiger partial charge in [0.1, 0.15) is 0 Å². The van der Waals surface area contributed by atoms with E-state index in [1.807, 2.05) is 0 Å². The van der Waals surface area contributed by atoms with Crippen LogP contribution < -0.4 is 4.90 Å². The second-order valence-electron chi connectivity index (χ2n) is 15.3. The van der Waals surface area contributed by atoms with Gasteiger partial charge in [-0.15, -0.1) is 11.3 Å². The van der Waals surface area contributed by atoms with Gasteiger partial charge in [-0.1, -0.05) is 140 Å². The zero-order valence-electron chi connectivity index (χ0n) is 31.7. The molecule has 0 amide bonds. The SMILES string of the molecule is c1ccc(-n2c3ccccc3c3c(-c4nc(-c5ccc(N6c7ccccc7-c7cccc8cccc6c78)c6ccccc56)nc5c4sc4ccccc45)cccc32)cc1. The van der Waals surface area contributed by atoms with Crippen LogP contribution in [0.5, 0.6) is 0 Å². The monoisotopic (exact) mass is 768 g/mol. The van der Waals surface area contributed by atoms with Crippen molar-refractivity contribution in [2.45, 2.75) is 0 Å². The Morgan fingerprint density at radius 2 is 1.05 bits per heavy atom. The molecule has 0 atom stereocenters. The van der Waals surface area contributed by atoms with Gasteiger partial charge in [0.05, 0.1) is 44.0 Å². The number of rotatable bonds is 4. The van der Waals surface area contributed by atoms with Crippen molar-refractivity contribution >= 4 is 92.1 Å². The lowest BCUT2D eigenvalue weighted by Crippen LogP contribution is -2.15. The largest absolute Gasteiger partial charge is 0.309 e. The number of nitrogens with zero attached hydrogens (tertiary/aromatic N) is 4. The minimum Gasteiger partial charge on any atom is -0.309 e. The summed E-state index contributed by atoms with van der Waals surface area (Å²) in [6.45, 7) is 0. The van der Waals surface area contributed by atoms with Crippen LogP contribution in [0.3, 0.4) is 0 Å². The van der Waals surface area contributed by atoms with Gasteiger partial charge in [0.2, 0.25) is 0 Å². The molecule has 0 unspecified atom stereocenters. The Bertz CT molecular complexity index is 3690. The molecule has 0 saturated heterocycles. The van der Waals surface area contributed by atoms with E-state index in [9.17, 15) is 0 Å². The second kappa shape index (κ2) is 12.4. The fourth-order valence-electron chi connectivity index (χ4n) is 9.66. The maximum Gasteiger partial charge on any atom is 0.161 e. The van der Waals surface area contributed by atoms with Crippen LogP contribution in [0, 0.1) is 0 Å². The molecule has 274 valence electrons. The van der Waals surface area contributed by atoms with Crippen molar-refractivity contribution in [1.82, 2.24) is 14.5 Å². The Balaban J connectivity index is 1.09. The highest BCUT2D eigenvalue weighted by atomic mass is 32.1. The number of anilines is 3. The zero-order chi connectivity index (χ0) is 38.6. The summed E-state index contributed by atoms with van der Waals surface area (Å²) < 4.78 is 4.67. The van der Waals surface area contributed by atoms with Crippen molar-refractivity contribution < 1.29 is 0 Å². The summed E-state index contributed by atoms with van der Waals surface area (Å²) in [7, 11) is 0. The van der Waals surface area contributed by atoms with Crippen molar-refractivity contribution in [3.63, 3.8) is 0 Å². The van der Waals surface area contributed by atoms with Gasteiger partial charge in [0, 0.05) is 54.0 Å². The van der Waals surface area contributed by atoms with Gasteiger partial charge in [0.25, 0.3) is 0 Å². The van der Waals surface area contributed by atoms with Gasteiger partial charge in [-0.3, -0.25) is 0 Å². The Labute approximate surface area is 343 Å². The summed E-state index contributed by atoms with van der Waals surface area (Å²) in [6.07, 6.45) is 0. The van der Waals surface area contributed by atoms with Crippen molar-refractivity contribution in [2.24, 2.45) is 0 Å². The fraction of sp³-hybridized carbons (Fsp3) is 0. The number of benzene rings is 9. The van der Waals surface area contributed by atoms with E-state index in [-0.39, 0.29) is 0 Å². The van der Waals surface area contributed by atoms with E-state index in [1.165, 1.54) is 54.3 Å². The standard InChI is InChI=1S/C54H32N4S/c1-2-17-34(18-3-1)57-44-27-10-7-22-40(44)50-42(25-14-29-47(50)57)52-53-51(41-23-8-11-30-48(41)59-53)55-54(56-52)39-31-32-45(36-20-5-4-19-35(36)39)58-43-26-9-6-21-37(43)38-24-12-15-33-16-13-28-46(58)49(33)38/h1-32H. The fourth-order valence-corrected chi connectivity index (χ4v) is 10.8. The highest BCUT2D eigenvalue weighted by Crippen LogP contribution is 2.53. The summed E-state index contributed by atoms with van der Waals surface area (Å²) in [6, 6.07) is 70.0. The van der Waals surface area contributed by atoms with E-state index in [4.69, 9.17) is 9.97 Å². The molecule has 5 heteroatoms. The summed E-state index contributed by atoms with van der Waals surface area (Å²) in [5.41, 5.74) is 13.5. The molecule has 3 aromatic heterocycles. The molecule has 0 saturated carbocycles. The topological polar surface area (TPSA) is 34.0 Å². The molecule has 0 radical (unpaired) electrons. The number of hydrogen-bond acceptors (Lipinski definition) is 4. The minimum atomic E-state index is 0.717. The van der Waals surface area contributed by atoms with Gasteiger partial charge >= 0.3 is 0 Å². The van der Waals surface area contributed by atoms with E-state index in [2.05, 4.69) is 204 Å². The minimum absolute atomic E-state index is 0.717. The number of aromatic nitrogens is 3. The molecule has 0 fully saturated rings. The van der Waals surface area contributed by atoms with Crippen LogP contribution in [0.25, 0.3) is 103 Å². The normalized spacial score (nSPS) is 12.4. The number of hydrogen-bond donors (Lipinski definition) is 0. The van der Waals surface area contributed by atoms with Gasteiger partial charge in [-0.2, -0.15) is 0 Å². The van der Waals surface area contributed by atoms with Crippen LogP contribution in [0.1, 0.15) is 0 Å². The first-order valence-electron chi connectivity index (χ1n) is 20.0. The first-order valence-corrected chi connectivity index (χ1v) is 20.8. The van der Waals surface area contributed by atoms with Crippen LogP contribution in [-0.4, -0.2) is 14.5 Å². The molecule has 0 aliphatic carbocycles. The summed E-state index contributed by atoms with van der Waals surface area (Å²) in [4.78, 5) is 13.6. The van der Waals surface area contributed by atoms with E-state index in [0.717, 1.165) is 60.1 Å². The second-order valence-corrected chi connectivity index (χ2v) is 16.3. The molecule has 9 aromatic carbocycles. The van der Waals surface area contributed by atoms with Crippen LogP contribution >= 0.6 is 11.3 Å². The van der Waals surface area contributed by atoms with Crippen LogP contribution in [0.15, 0.2) is 194 Å². The zero-order valence-corrected chi connectivity index (χ0v) is 32.5. The Hall–Kier alpha value is -7.60. The molecule has 0 spiro atoms. The summed E-state index contributed by atoms with van der Waals surface area (Å²) in [5, 5.41) is 8.29. The first-order chi connectivity index (χ1) is 29.3. The average molecular weight is 769 g/mol. The smallest absolute Gasteiger partial charge is 0.161 e. The lowest BCUT2D eigenvalue weighted by Gasteiger charge is -2.34. The Kier molecular flexibility index (Phi) is 6.85. The average Bonchev–Trinajstić information content (AvgIpc) is 3.85. The van der Waals surface area contributed by atoms with Crippen LogP contribution in [0.4, 0.5) is 17.1 Å². The molecule has 13 rings (SSSR count). The van der Waals surface area contributed by atoms with Crippen LogP contribution in [0.2, 0.25) is 0 Å².